The fraction of sp³-hybridized carbons (Fsp3) is 0.800. The Bertz CT molecular complexity index is 408. The summed E-state index contributed by atoms with van der Waals surface area (Å²) in [6.07, 6.45) is 0.393. The molecule has 0 spiro atoms. The van der Waals surface area contributed by atoms with Crippen molar-refractivity contribution in [2.24, 2.45) is 11.5 Å². The summed E-state index contributed by atoms with van der Waals surface area (Å²) >= 11 is 1.49. The number of carbonyl (C=O) groups is 2. The minimum absolute atomic E-state index is 0.368. The van der Waals surface area contributed by atoms with E-state index >= 15 is 0 Å². The molecule has 0 rings (SSSR count). The molecule has 9 nitrogen and oxygen atoms in total. The van der Waals surface area contributed by atoms with Gasteiger partial charge in [0.2, 0.25) is 5.91 Å². The molecule has 0 saturated heterocycles. The lowest BCUT2D eigenvalue weighted by atomic mass is 10.2. The number of aliphatic carboxylic acids is 1. The Morgan fingerprint density at radius 2 is 2.00 bits per heavy atom. The van der Waals surface area contributed by atoms with Gasteiger partial charge in [-0.1, -0.05) is 0 Å². The molecule has 0 aliphatic carbocycles. The highest BCUT2D eigenvalue weighted by atomic mass is 32.2. The number of nitrogens with one attached hydrogen (secondary N) is 1. The number of amides is 1. The summed E-state index contributed by atoms with van der Waals surface area (Å²) < 4.78 is 16.2. The van der Waals surface area contributed by atoms with Crippen molar-refractivity contribution < 1.29 is 28.7 Å². The first-order valence-electron chi connectivity index (χ1n) is 6.12. The van der Waals surface area contributed by atoms with E-state index in [0.717, 1.165) is 0 Å². The number of nitrogens with two attached hydrogens (primary N) is 2. The lowest BCUT2D eigenvalue weighted by Gasteiger charge is -2.21. The molecule has 0 aromatic rings. The third kappa shape index (κ3) is 9.07. The van der Waals surface area contributed by atoms with Crippen LogP contribution in [0.2, 0.25) is 0 Å². The maximum Gasteiger partial charge on any atom is 0.332 e. The van der Waals surface area contributed by atoms with Crippen LogP contribution in [-0.2, 0) is 18.7 Å². The van der Waals surface area contributed by atoms with Gasteiger partial charge in [0.15, 0.2) is 0 Å². The Morgan fingerprint density at radius 1 is 1.43 bits per heavy atom. The van der Waals surface area contributed by atoms with Gasteiger partial charge in [-0.25, -0.2) is 4.79 Å². The van der Waals surface area contributed by atoms with E-state index < -0.39 is 43.9 Å². The third-order valence-corrected chi connectivity index (χ3v) is 4.46. The number of rotatable bonds is 10. The minimum atomic E-state index is -4.23. The van der Waals surface area contributed by atoms with Crippen molar-refractivity contribution in [1.82, 2.24) is 5.32 Å². The number of carbonyl (C=O) groups excluding carboxylic acids is 1. The predicted molar refractivity (Wildman–Crippen MR) is 80.0 cm³/mol. The Hall–Kier alpha value is -0.640. The number of carboxylic acid groups (broad SMARTS) is 1. The van der Waals surface area contributed by atoms with Gasteiger partial charge in [-0.15, -0.1) is 0 Å². The molecule has 0 aromatic heterocycles. The van der Waals surface area contributed by atoms with E-state index in [1.165, 1.54) is 18.7 Å². The van der Waals surface area contributed by atoms with Gasteiger partial charge < -0.3 is 26.8 Å². The summed E-state index contributed by atoms with van der Waals surface area (Å²) in [5.41, 5.74) is 10.8. The molecule has 0 heterocycles. The lowest BCUT2D eigenvalue weighted by molar-refractivity contribution is -0.141. The summed E-state index contributed by atoms with van der Waals surface area (Å²) in [4.78, 5) is 32.3. The van der Waals surface area contributed by atoms with Crippen LogP contribution in [0.5, 0.6) is 0 Å². The van der Waals surface area contributed by atoms with Crippen molar-refractivity contribution in [2.45, 2.75) is 31.7 Å². The van der Waals surface area contributed by atoms with E-state index in [-0.39, 0.29) is 0 Å². The molecular formula is C10H22N3O6PS. The fourth-order valence-electron chi connectivity index (χ4n) is 1.37. The topological polar surface area (TPSA) is 165 Å². The monoisotopic (exact) mass is 343 g/mol. The predicted octanol–water partition coefficient (Wildman–Crippen LogP) is -0.857. The summed E-state index contributed by atoms with van der Waals surface area (Å²) in [5.74, 6) is -1.52. The van der Waals surface area contributed by atoms with Gasteiger partial charge in [-0.2, -0.15) is 11.8 Å². The molecule has 21 heavy (non-hydrogen) atoms. The second-order valence-corrected chi connectivity index (χ2v) is 7.25. The van der Waals surface area contributed by atoms with Gasteiger partial charge in [0, 0.05) is 0 Å². The van der Waals surface area contributed by atoms with Crippen LogP contribution >= 0.6 is 19.4 Å². The first-order valence-corrected chi connectivity index (χ1v) is 9.28. The maximum absolute atomic E-state index is 11.7. The van der Waals surface area contributed by atoms with Crippen LogP contribution in [0.4, 0.5) is 0 Å². The summed E-state index contributed by atoms with van der Waals surface area (Å²) in [6.45, 7) is 1.33. The quantitative estimate of drug-likeness (QED) is 0.251. The Balaban J connectivity index is 4.67. The number of thioether (sulfide) groups is 1. The van der Waals surface area contributed by atoms with E-state index in [2.05, 4.69) is 9.84 Å². The number of hydrogen-bond acceptors (Lipinski definition) is 7. The Labute approximate surface area is 127 Å². The normalized spacial score (nSPS) is 18.3. The largest absolute Gasteiger partial charge is 0.480 e. The van der Waals surface area contributed by atoms with Gasteiger partial charge in [0.25, 0.3) is 0 Å². The first kappa shape index (κ1) is 20.4. The maximum atomic E-state index is 11.7. The molecule has 124 valence electrons. The molecule has 0 fully saturated rings. The molecular weight excluding hydrogens is 321 g/mol. The van der Waals surface area contributed by atoms with Crippen LogP contribution in [0.3, 0.4) is 0 Å². The zero-order valence-electron chi connectivity index (χ0n) is 11.9. The Kier molecular flexibility index (Phi) is 9.11. The molecule has 0 saturated carbocycles. The molecule has 0 aliphatic rings. The van der Waals surface area contributed by atoms with E-state index in [1.807, 2.05) is 6.26 Å². The first-order chi connectivity index (χ1) is 9.59. The molecule has 11 heteroatoms. The summed E-state index contributed by atoms with van der Waals surface area (Å²) in [7, 11) is -4.23. The van der Waals surface area contributed by atoms with E-state index in [9.17, 15) is 19.0 Å². The zero-order chi connectivity index (χ0) is 16.6. The smallest absolute Gasteiger partial charge is 0.332 e. The highest BCUT2D eigenvalue weighted by Gasteiger charge is 2.33. The standard InChI is InChI=1S/C10H22N3O6PS/c1-6(11)19-20(17,18)5-8(10(15)16)13-9(14)7(12)3-4-21-2/h6-8H,3-5,11-12H2,1-2H3,(H,13,14)(H,15,16)(H,17,18)/t6?,7-,8?/m0/s1. The van der Waals surface area contributed by atoms with Crippen molar-refractivity contribution in [3.8, 4) is 0 Å². The van der Waals surface area contributed by atoms with E-state index in [0.29, 0.717) is 12.2 Å². The van der Waals surface area contributed by atoms with Crippen LogP contribution in [-0.4, -0.2) is 58.4 Å². The van der Waals surface area contributed by atoms with Gasteiger partial charge >= 0.3 is 13.6 Å². The van der Waals surface area contributed by atoms with Gasteiger partial charge in [0.05, 0.1) is 12.2 Å². The van der Waals surface area contributed by atoms with Gasteiger partial charge in [-0.05, 0) is 25.4 Å². The molecule has 4 atom stereocenters. The second kappa shape index (κ2) is 9.39. The van der Waals surface area contributed by atoms with Gasteiger partial charge in [-0.3, -0.25) is 13.9 Å². The van der Waals surface area contributed by atoms with E-state index in [1.54, 1.807) is 0 Å². The average molecular weight is 343 g/mol. The van der Waals surface area contributed by atoms with Crippen molar-refractivity contribution in [3.63, 3.8) is 0 Å². The Morgan fingerprint density at radius 3 is 2.43 bits per heavy atom. The van der Waals surface area contributed by atoms with E-state index in [4.69, 9.17) is 16.6 Å². The van der Waals surface area contributed by atoms with Crippen LogP contribution in [0, 0.1) is 0 Å². The van der Waals surface area contributed by atoms with Crippen molar-refractivity contribution in [1.29, 1.82) is 0 Å². The molecule has 0 aromatic carbocycles. The van der Waals surface area contributed by atoms with Gasteiger partial charge in [0.1, 0.15) is 12.3 Å². The zero-order valence-corrected chi connectivity index (χ0v) is 13.6. The van der Waals surface area contributed by atoms with Crippen molar-refractivity contribution in [2.75, 3.05) is 18.2 Å². The molecule has 1 amide bonds. The number of hydrogen-bond donors (Lipinski definition) is 5. The average Bonchev–Trinajstić information content (AvgIpc) is 2.32. The fourth-order valence-corrected chi connectivity index (χ4v) is 3.18. The second-order valence-electron chi connectivity index (χ2n) is 4.42. The molecule has 3 unspecified atom stereocenters. The third-order valence-electron chi connectivity index (χ3n) is 2.33. The van der Waals surface area contributed by atoms with Crippen molar-refractivity contribution in [3.05, 3.63) is 0 Å². The molecule has 0 aliphatic heterocycles. The number of carboxylic acids is 1. The van der Waals surface area contributed by atoms with Crippen LogP contribution < -0.4 is 16.8 Å². The van der Waals surface area contributed by atoms with Crippen LogP contribution in [0.1, 0.15) is 13.3 Å². The highest BCUT2D eigenvalue weighted by Crippen LogP contribution is 2.43. The highest BCUT2D eigenvalue weighted by molar-refractivity contribution is 7.98. The SMILES string of the molecule is CSCC[C@H](N)C(=O)NC(CP(=O)(O)OC(C)N)C(=O)O. The van der Waals surface area contributed by atoms with Crippen LogP contribution in [0.15, 0.2) is 0 Å². The molecule has 0 bridgehead atoms. The summed E-state index contributed by atoms with van der Waals surface area (Å²) in [6, 6.07) is -2.46. The lowest BCUT2D eigenvalue weighted by Crippen LogP contribution is -2.50. The van der Waals surface area contributed by atoms with Crippen molar-refractivity contribution >= 4 is 31.2 Å². The molecule has 7 N–H and O–H groups in total. The van der Waals surface area contributed by atoms with Crippen LogP contribution in [0.25, 0.3) is 0 Å². The minimum Gasteiger partial charge on any atom is -0.480 e. The molecule has 0 radical (unpaired) electrons. The summed E-state index contributed by atoms with van der Waals surface area (Å²) in [5, 5.41) is 11.1.